The molecule has 1 aliphatic rings. The fraction of sp³-hybridized carbons (Fsp3) is 0.458. The van der Waals surface area contributed by atoms with Crippen molar-refractivity contribution < 1.29 is 9.53 Å². The third kappa shape index (κ3) is 5.43. The molecule has 0 bridgehead atoms. The summed E-state index contributed by atoms with van der Waals surface area (Å²) >= 11 is 1.53. The van der Waals surface area contributed by atoms with Gasteiger partial charge in [0.15, 0.2) is 5.13 Å². The number of piperidine rings is 1. The number of hydrogen-bond donors (Lipinski definition) is 2. The highest BCUT2D eigenvalue weighted by atomic mass is 32.1. The van der Waals surface area contributed by atoms with E-state index < -0.39 is 0 Å². The second-order valence-electron chi connectivity index (χ2n) is 8.32. The number of pyridine rings is 1. The molecule has 2 aromatic heterocycles. The number of aryl methyl sites for hydroxylation is 2. The summed E-state index contributed by atoms with van der Waals surface area (Å²) in [5.41, 5.74) is 2.06. The molecule has 1 amide bonds. The number of amides is 1. The zero-order valence-electron chi connectivity index (χ0n) is 19.0. The van der Waals surface area contributed by atoms with Gasteiger partial charge in [0, 0.05) is 42.1 Å². The summed E-state index contributed by atoms with van der Waals surface area (Å²) in [7, 11) is 1.70. The SMILES string of the molecule is COCCNc1nc([C@@H]2CCCN(CC(=O)Nc3nc(C)c(C)s3)C2)cc2ccccc12. The molecule has 32 heavy (non-hydrogen) atoms. The van der Waals surface area contributed by atoms with E-state index in [0.717, 1.165) is 53.4 Å². The molecule has 0 spiro atoms. The van der Waals surface area contributed by atoms with Crippen LogP contribution in [0.2, 0.25) is 0 Å². The first-order chi connectivity index (χ1) is 15.5. The van der Waals surface area contributed by atoms with Crippen LogP contribution >= 0.6 is 11.3 Å². The Labute approximate surface area is 193 Å². The molecule has 0 aliphatic carbocycles. The molecule has 3 aromatic rings. The number of ether oxygens (including phenoxy) is 1. The largest absolute Gasteiger partial charge is 0.383 e. The van der Waals surface area contributed by atoms with Crippen molar-refractivity contribution in [1.82, 2.24) is 14.9 Å². The van der Waals surface area contributed by atoms with E-state index in [2.05, 4.69) is 44.8 Å². The number of methoxy groups -OCH3 is 1. The summed E-state index contributed by atoms with van der Waals surface area (Å²) in [5.74, 6) is 1.20. The molecule has 4 rings (SSSR count). The Kier molecular flexibility index (Phi) is 7.34. The van der Waals surface area contributed by atoms with Crippen molar-refractivity contribution in [2.75, 3.05) is 50.5 Å². The Balaban J connectivity index is 1.45. The van der Waals surface area contributed by atoms with Gasteiger partial charge in [-0.15, -0.1) is 11.3 Å². The van der Waals surface area contributed by atoms with Crippen LogP contribution in [0.5, 0.6) is 0 Å². The molecule has 1 fully saturated rings. The molecule has 1 atom stereocenters. The van der Waals surface area contributed by atoms with E-state index in [1.54, 1.807) is 7.11 Å². The van der Waals surface area contributed by atoms with E-state index in [0.29, 0.717) is 30.7 Å². The number of aromatic nitrogens is 2. The number of carbonyl (C=O) groups is 1. The third-order valence-corrected chi connectivity index (χ3v) is 6.91. The molecule has 0 radical (unpaired) electrons. The first-order valence-corrected chi connectivity index (χ1v) is 11.9. The predicted octanol–water partition coefficient (Wildman–Crippen LogP) is 4.18. The molecule has 7 nitrogen and oxygen atoms in total. The van der Waals surface area contributed by atoms with Crippen LogP contribution in [0.1, 0.15) is 35.0 Å². The maximum absolute atomic E-state index is 12.6. The molecule has 1 aliphatic heterocycles. The Morgan fingerprint density at radius 2 is 2.12 bits per heavy atom. The van der Waals surface area contributed by atoms with Crippen LogP contribution in [0.3, 0.4) is 0 Å². The van der Waals surface area contributed by atoms with Gasteiger partial charge >= 0.3 is 0 Å². The molecule has 2 N–H and O–H groups in total. The number of thiazole rings is 1. The van der Waals surface area contributed by atoms with Crippen molar-refractivity contribution in [3.8, 4) is 0 Å². The number of fused-ring (bicyclic) bond motifs is 1. The van der Waals surface area contributed by atoms with Crippen LogP contribution in [-0.2, 0) is 9.53 Å². The summed E-state index contributed by atoms with van der Waals surface area (Å²) in [6.45, 7) is 7.45. The minimum Gasteiger partial charge on any atom is -0.383 e. The Morgan fingerprint density at radius 3 is 2.91 bits per heavy atom. The molecular formula is C24H31N5O2S. The minimum atomic E-state index is -0.00667. The van der Waals surface area contributed by atoms with Gasteiger partial charge in [-0.25, -0.2) is 9.97 Å². The zero-order chi connectivity index (χ0) is 22.5. The van der Waals surface area contributed by atoms with E-state index >= 15 is 0 Å². The van der Waals surface area contributed by atoms with Crippen molar-refractivity contribution in [1.29, 1.82) is 0 Å². The summed E-state index contributed by atoms with van der Waals surface area (Å²) in [6, 6.07) is 10.5. The fourth-order valence-electron chi connectivity index (χ4n) is 4.16. The highest BCUT2D eigenvalue weighted by molar-refractivity contribution is 7.15. The van der Waals surface area contributed by atoms with Gasteiger partial charge in [0.1, 0.15) is 5.82 Å². The first kappa shape index (κ1) is 22.6. The number of hydrogen-bond acceptors (Lipinski definition) is 7. The average Bonchev–Trinajstić information content (AvgIpc) is 3.10. The van der Waals surface area contributed by atoms with E-state index in [1.807, 2.05) is 19.9 Å². The lowest BCUT2D eigenvalue weighted by atomic mass is 9.93. The molecule has 0 saturated carbocycles. The summed E-state index contributed by atoms with van der Waals surface area (Å²) in [5, 5.41) is 9.37. The number of carbonyl (C=O) groups excluding carboxylic acids is 1. The van der Waals surface area contributed by atoms with Crippen LogP contribution in [0.25, 0.3) is 10.8 Å². The number of benzene rings is 1. The second kappa shape index (κ2) is 10.4. The third-order valence-electron chi connectivity index (χ3n) is 5.92. The van der Waals surface area contributed by atoms with Crippen molar-refractivity contribution in [3.05, 3.63) is 46.6 Å². The minimum absolute atomic E-state index is 0.00667. The van der Waals surface area contributed by atoms with Crippen LogP contribution in [-0.4, -0.2) is 60.7 Å². The molecule has 3 heterocycles. The molecular weight excluding hydrogens is 422 g/mol. The highest BCUT2D eigenvalue weighted by Crippen LogP contribution is 2.31. The maximum Gasteiger partial charge on any atom is 0.240 e. The Hall–Kier alpha value is -2.55. The van der Waals surface area contributed by atoms with E-state index in [4.69, 9.17) is 9.72 Å². The van der Waals surface area contributed by atoms with Crippen molar-refractivity contribution in [2.24, 2.45) is 0 Å². The highest BCUT2D eigenvalue weighted by Gasteiger charge is 2.25. The van der Waals surface area contributed by atoms with Crippen molar-refractivity contribution in [2.45, 2.75) is 32.6 Å². The molecule has 1 saturated heterocycles. The second-order valence-corrected chi connectivity index (χ2v) is 9.52. The predicted molar refractivity (Wildman–Crippen MR) is 131 cm³/mol. The van der Waals surface area contributed by atoms with E-state index in [-0.39, 0.29) is 5.91 Å². The van der Waals surface area contributed by atoms with Gasteiger partial charge in [-0.1, -0.05) is 24.3 Å². The summed E-state index contributed by atoms with van der Waals surface area (Å²) < 4.78 is 5.19. The van der Waals surface area contributed by atoms with Gasteiger partial charge in [0.25, 0.3) is 0 Å². The van der Waals surface area contributed by atoms with Gasteiger partial charge in [-0.3, -0.25) is 9.69 Å². The number of nitrogens with zero attached hydrogens (tertiary/aromatic N) is 3. The van der Waals surface area contributed by atoms with Crippen molar-refractivity contribution in [3.63, 3.8) is 0 Å². The standard InChI is InChI=1S/C24H31N5O2S/c1-16-17(2)32-24(26-16)28-22(30)15-29-11-6-8-19(14-29)21-13-18-7-4-5-9-20(18)23(27-21)25-10-12-31-3/h4-5,7,9,13,19H,6,8,10-12,14-15H2,1-3H3,(H,25,27)(H,26,28,30)/t19-/m1/s1. The maximum atomic E-state index is 12.6. The number of nitrogens with one attached hydrogen (secondary N) is 2. The Morgan fingerprint density at radius 1 is 1.28 bits per heavy atom. The topological polar surface area (TPSA) is 79.4 Å². The van der Waals surface area contributed by atoms with Gasteiger partial charge in [-0.05, 0) is 44.7 Å². The normalized spacial score (nSPS) is 16.9. The van der Waals surface area contributed by atoms with Gasteiger partial charge in [0.05, 0.1) is 18.8 Å². The van der Waals surface area contributed by atoms with Crippen molar-refractivity contribution >= 4 is 39.0 Å². The van der Waals surface area contributed by atoms with Crippen LogP contribution in [0, 0.1) is 13.8 Å². The monoisotopic (exact) mass is 453 g/mol. The molecule has 0 unspecified atom stereocenters. The Bertz CT molecular complexity index is 1060. The quantitative estimate of drug-likeness (QED) is 0.498. The van der Waals surface area contributed by atoms with E-state index in [9.17, 15) is 4.79 Å². The van der Waals surface area contributed by atoms with Gasteiger partial charge in [0.2, 0.25) is 5.91 Å². The number of anilines is 2. The first-order valence-electron chi connectivity index (χ1n) is 11.1. The molecule has 8 heteroatoms. The summed E-state index contributed by atoms with van der Waals surface area (Å²) in [4.78, 5) is 25.4. The van der Waals surface area contributed by atoms with Crippen LogP contribution < -0.4 is 10.6 Å². The summed E-state index contributed by atoms with van der Waals surface area (Å²) in [6.07, 6.45) is 2.13. The van der Waals surface area contributed by atoms with Crippen LogP contribution in [0.4, 0.5) is 10.9 Å². The number of likely N-dealkylation sites (tertiary alicyclic amines) is 1. The lowest BCUT2D eigenvalue weighted by Crippen LogP contribution is -2.40. The number of rotatable bonds is 8. The average molecular weight is 454 g/mol. The lowest BCUT2D eigenvalue weighted by molar-refractivity contribution is -0.117. The smallest absolute Gasteiger partial charge is 0.240 e. The fourth-order valence-corrected chi connectivity index (χ4v) is 4.99. The van der Waals surface area contributed by atoms with E-state index in [1.165, 1.54) is 16.7 Å². The lowest BCUT2D eigenvalue weighted by Gasteiger charge is -2.32. The zero-order valence-corrected chi connectivity index (χ0v) is 19.8. The van der Waals surface area contributed by atoms with Gasteiger partial charge < -0.3 is 15.4 Å². The molecule has 170 valence electrons. The van der Waals surface area contributed by atoms with Crippen LogP contribution in [0.15, 0.2) is 30.3 Å². The van der Waals surface area contributed by atoms with Gasteiger partial charge in [-0.2, -0.15) is 0 Å². The molecule has 1 aromatic carbocycles.